The third kappa shape index (κ3) is 3.63. The quantitative estimate of drug-likeness (QED) is 0.521. The topological polar surface area (TPSA) is 95.0 Å². The highest BCUT2D eigenvalue weighted by Gasteiger charge is 2.43. The second-order valence-corrected chi connectivity index (χ2v) is 7.84. The molecule has 3 atom stereocenters. The van der Waals surface area contributed by atoms with Crippen LogP contribution in [0.5, 0.6) is 5.88 Å². The summed E-state index contributed by atoms with van der Waals surface area (Å²) in [6.45, 7) is 1.26. The van der Waals surface area contributed by atoms with Crippen LogP contribution in [0, 0.1) is 0 Å². The van der Waals surface area contributed by atoms with Crippen LogP contribution in [-0.2, 0) is 9.47 Å². The number of H-pyrrole nitrogens is 1. The average molecular weight is 427 g/mol. The zero-order valence-electron chi connectivity index (χ0n) is 17.2. The van der Waals surface area contributed by atoms with Gasteiger partial charge in [0.05, 0.1) is 18.4 Å². The summed E-state index contributed by atoms with van der Waals surface area (Å²) < 4.78 is 17.5. The molecule has 160 valence electrons. The first-order chi connectivity index (χ1) is 15.8. The highest BCUT2D eigenvalue weighted by atomic mass is 16.6. The van der Waals surface area contributed by atoms with Crippen LogP contribution in [0.4, 0.5) is 0 Å². The van der Waals surface area contributed by atoms with Crippen molar-refractivity contribution in [1.29, 1.82) is 0 Å². The molecule has 2 aliphatic heterocycles. The summed E-state index contributed by atoms with van der Waals surface area (Å²) in [4.78, 5) is 13.6. The minimum atomic E-state index is -0.111. The fourth-order valence-corrected chi connectivity index (χ4v) is 4.10. The van der Waals surface area contributed by atoms with E-state index in [1.54, 1.807) is 12.4 Å². The SMILES string of the molecule is c1ccc(-c2nc(-c3ccc(-c4ccc(OC5COC6CCOC65)nc4)nc3)n[nH]2)cc1. The number of fused-ring (bicyclic) bond motifs is 1. The van der Waals surface area contributed by atoms with Gasteiger partial charge in [0.1, 0.15) is 6.10 Å². The molecule has 0 bridgehead atoms. The Kier molecular flexibility index (Phi) is 4.86. The van der Waals surface area contributed by atoms with Gasteiger partial charge in [-0.3, -0.25) is 10.1 Å². The number of aromatic amines is 1. The van der Waals surface area contributed by atoms with E-state index in [4.69, 9.17) is 14.2 Å². The summed E-state index contributed by atoms with van der Waals surface area (Å²) in [5, 5.41) is 7.31. The van der Waals surface area contributed by atoms with E-state index in [1.165, 1.54) is 0 Å². The minimum Gasteiger partial charge on any atom is -0.469 e. The van der Waals surface area contributed by atoms with Gasteiger partial charge in [-0.05, 0) is 24.6 Å². The molecule has 4 aromatic rings. The molecule has 32 heavy (non-hydrogen) atoms. The number of ether oxygens (including phenoxy) is 3. The molecule has 8 nitrogen and oxygen atoms in total. The summed E-state index contributed by atoms with van der Waals surface area (Å²) in [5.41, 5.74) is 3.55. The van der Waals surface area contributed by atoms with Crippen LogP contribution in [0.1, 0.15) is 6.42 Å². The third-order valence-corrected chi connectivity index (χ3v) is 5.78. The Morgan fingerprint density at radius 3 is 2.56 bits per heavy atom. The summed E-state index contributed by atoms with van der Waals surface area (Å²) >= 11 is 0. The maximum Gasteiger partial charge on any atom is 0.213 e. The lowest BCUT2D eigenvalue weighted by atomic mass is 10.1. The van der Waals surface area contributed by atoms with E-state index in [2.05, 4.69) is 25.1 Å². The third-order valence-electron chi connectivity index (χ3n) is 5.78. The van der Waals surface area contributed by atoms with Crippen molar-refractivity contribution in [3.63, 3.8) is 0 Å². The molecule has 8 heteroatoms. The zero-order valence-corrected chi connectivity index (χ0v) is 17.2. The van der Waals surface area contributed by atoms with Gasteiger partial charge in [-0.25, -0.2) is 9.97 Å². The fourth-order valence-electron chi connectivity index (χ4n) is 4.10. The first kappa shape index (κ1) is 19.1. The molecule has 2 fully saturated rings. The second kappa shape index (κ2) is 8.14. The summed E-state index contributed by atoms with van der Waals surface area (Å²) in [6.07, 6.45) is 4.50. The van der Waals surface area contributed by atoms with Gasteiger partial charge in [-0.1, -0.05) is 30.3 Å². The smallest absolute Gasteiger partial charge is 0.213 e. The van der Waals surface area contributed by atoms with E-state index < -0.39 is 0 Å². The van der Waals surface area contributed by atoms with E-state index in [0.717, 1.165) is 41.2 Å². The number of rotatable bonds is 5. The van der Waals surface area contributed by atoms with E-state index in [-0.39, 0.29) is 18.3 Å². The van der Waals surface area contributed by atoms with Crippen molar-refractivity contribution in [2.24, 2.45) is 0 Å². The van der Waals surface area contributed by atoms with Crippen LogP contribution in [0.2, 0.25) is 0 Å². The lowest BCUT2D eigenvalue weighted by molar-refractivity contribution is 0.0289. The molecule has 0 saturated carbocycles. The van der Waals surface area contributed by atoms with Crippen LogP contribution in [0.15, 0.2) is 67.0 Å². The van der Waals surface area contributed by atoms with Gasteiger partial charge in [0.15, 0.2) is 17.8 Å². The molecule has 3 aromatic heterocycles. The summed E-state index contributed by atoms with van der Waals surface area (Å²) in [6, 6.07) is 17.6. The van der Waals surface area contributed by atoms with Crippen LogP contribution < -0.4 is 4.74 Å². The molecule has 0 radical (unpaired) electrons. The Morgan fingerprint density at radius 1 is 0.875 bits per heavy atom. The van der Waals surface area contributed by atoms with E-state index in [0.29, 0.717) is 18.3 Å². The lowest BCUT2D eigenvalue weighted by Gasteiger charge is -2.17. The molecule has 5 heterocycles. The van der Waals surface area contributed by atoms with Crippen LogP contribution in [0.3, 0.4) is 0 Å². The van der Waals surface area contributed by atoms with Gasteiger partial charge < -0.3 is 14.2 Å². The van der Waals surface area contributed by atoms with Crippen LogP contribution in [-0.4, -0.2) is 56.7 Å². The first-order valence-corrected chi connectivity index (χ1v) is 10.6. The molecular weight excluding hydrogens is 406 g/mol. The molecule has 0 aliphatic carbocycles. The van der Waals surface area contributed by atoms with Crippen molar-refractivity contribution in [1.82, 2.24) is 25.1 Å². The molecule has 1 N–H and O–H groups in total. The van der Waals surface area contributed by atoms with Crippen LogP contribution in [0.25, 0.3) is 34.0 Å². The normalized spacial score (nSPS) is 22.1. The Balaban J connectivity index is 1.15. The van der Waals surface area contributed by atoms with Gasteiger partial charge in [-0.15, -0.1) is 0 Å². The molecule has 0 spiro atoms. The van der Waals surface area contributed by atoms with Crippen LogP contribution >= 0.6 is 0 Å². The maximum absolute atomic E-state index is 5.99. The standard InChI is InChI=1S/C24H21N5O3/c1-2-4-15(5-3-1)23-27-24(29-28-23)17-6-8-18(25-13-17)16-7-9-21(26-12-16)32-20-14-31-19-10-11-30-22(19)20/h1-9,12-13,19-20,22H,10-11,14H2,(H,27,28,29). The number of pyridine rings is 2. The van der Waals surface area contributed by atoms with Crippen molar-refractivity contribution in [3.05, 3.63) is 67.0 Å². The monoisotopic (exact) mass is 427 g/mol. The van der Waals surface area contributed by atoms with Gasteiger partial charge >= 0.3 is 0 Å². The number of aromatic nitrogens is 5. The Labute approximate surface area is 184 Å². The maximum atomic E-state index is 5.99. The molecular formula is C24H21N5O3. The van der Waals surface area contributed by atoms with Gasteiger partial charge in [-0.2, -0.15) is 5.10 Å². The molecule has 0 amide bonds. The van der Waals surface area contributed by atoms with Gasteiger partial charge in [0.25, 0.3) is 0 Å². The summed E-state index contributed by atoms with van der Waals surface area (Å²) in [7, 11) is 0. The van der Waals surface area contributed by atoms with Gasteiger partial charge in [0, 0.05) is 41.8 Å². The molecule has 2 saturated heterocycles. The molecule has 6 rings (SSSR count). The van der Waals surface area contributed by atoms with Crippen molar-refractivity contribution in [3.8, 4) is 39.9 Å². The predicted octanol–water partition coefficient (Wildman–Crippen LogP) is 3.53. The first-order valence-electron chi connectivity index (χ1n) is 10.6. The fraction of sp³-hybridized carbons (Fsp3) is 0.250. The Hall–Kier alpha value is -3.62. The zero-order chi connectivity index (χ0) is 21.3. The summed E-state index contributed by atoms with van der Waals surface area (Å²) in [5.74, 6) is 1.90. The number of nitrogens with zero attached hydrogens (tertiary/aromatic N) is 4. The molecule has 3 unspecified atom stereocenters. The van der Waals surface area contributed by atoms with E-state index in [9.17, 15) is 0 Å². The van der Waals surface area contributed by atoms with E-state index in [1.807, 2.05) is 54.6 Å². The lowest BCUT2D eigenvalue weighted by Crippen LogP contribution is -2.32. The highest BCUT2D eigenvalue weighted by molar-refractivity contribution is 5.64. The van der Waals surface area contributed by atoms with Crippen molar-refractivity contribution < 1.29 is 14.2 Å². The minimum absolute atomic E-state index is 0.00347. The number of benzene rings is 1. The van der Waals surface area contributed by atoms with Crippen molar-refractivity contribution in [2.45, 2.75) is 24.7 Å². The van der Waals surface area contributed by atoms with E-state index >= 15 is 0 Å². The largest absolute Gasteiger partial charge is 0.469 e. The average Bonchev–Trinajstić information content (AvgIpc) is 3.60. The van der Waals surface area contributed by atoms with Crippen molar-refractivity contribution >= 4 is 0 Å². The Bertz CT molecular complexity index is 1190. The molecule has 1 aromatic carbocycles. The van der Waals surface area contributed by atoms with Crippen molar-refractivity contribution in [2.75, 3.05) is 13.2 Å². The number of hydrogen-bond donors (Lipinski definition) is 1. The highest BCUT2D eigenvalue weighted by Crippen LogP contribution is 2.29. The van der Waals surface area contributed by atoms with Gasteiger partial charge in [0.2, 0.25) is 5.88 Å². The molecule has 2 aliphatic rings. The number of nitrogens with one attached hydrogen (secondary N) is 1. The Morgan fingerprint density at radius 2 is 1.75 bits per heavy atom. The number of hydrogen-bond acceptors (Lipinski definition) is 7. The predicted molar refractivity (Wildman–Crippen MR) is 117 cm³/mol. The second-order valence-electron chi connectivity index (χ2n) is 7.84.